The molecule has 8 heteroatoms. The molecule has 0 saturated heterocycles. The van der Waals surface area contributed by atoms with Crippen LogP contribution in [-0.4, -0.2) is 56.1 Å². The molecule has 2 N–H and O–H groups in total. The van der Waals surface area contributed by atoms with Crippen LogP contribution in [0.4, 0.5) is 4.39 Å². The SMILES string of the molecule is CC(CNC(=NCC(=O)N(C)C)NC1CCCC1)Oc1ccccc1F.I. The summed E-state index contributed by atoms with van der Waals surface area (Å²) in [4.78, 5) is 17.7. The highest BCUT2D eigenvalue weighted by atomic mass is 127. The molecular weight excluding hydrogens is 462 g/mol. The molecule has 0 aliphatic heterocycles. The molecule has 0 radical (unpaired) electrons. The van der Waals surface area contributed by atoms with E-state index in [1.165, 1.54) is 23.8 Å². The largest absolute Gasteiger partial charge is 0.486 e. The lowest BCUT2D eigenvalue weighted by Crippen LogP contribution is -2.46. The van der Waals surface area contributed by atoms with Crippen molar-refractivity contribution in [2.24, 2.45) is 4.99 Å². The van der Waals surface area contributed by atoms with Gasteiger partial charge in [0.1, 0.15) is 12.6 Å². The lowest BCUT2D eigenvalue weighted by atomic mass is 10.2. The number of benzene rings is 1. The molecule has 0 aromatic heterocycles. The number of carbonyl (C=O) groups is 1. The van der Waals surface area contributed by atoms with Crippen molar-refractivity contribution in [1.82, 2.24) is 15.5 Å². The van der Waals surface area contributed by atoms with E-state index in [1.807, 2.05) is 6.92 Å². The van der Waals surface area contributed by atoms with Crippen molar-refractivity contribution in [3.05, 3.63) is 30.1 Å². The molecule has 27 heavy (non-hydrogen) atoms. The molecule has 2 rings (SSSR count). The summed E-state index contributed by atoms with van der Waals surface area (Å²) < 4.78 is 19.3. The van der Waals surface area contributed by atoms with Crippen molar-refractivity contribution in [3.63, 3.8) is 0 Å². The zero-order valence-corrected chi connectivity index (χ0v) is 18.5. The summed E-state index contributed by atoms with van der Waals surface area (Å²) in [6, 6.07) is 6.71. The Morgan fingerprint density at radius 2 is 2.00 bits per heavy atom. The molecule has 1 unspecified atom stereocenters. The summed E-state index contributed by atoms with van der Waals surface area (Å²) in [7, 11) is 3.42. The molecule has 152 valence electrons. The molecule has 0 heterocycles. The highest BCUT2D eigenvalue weighted by molar-refractivity contribution is 14.0. The number of ether oxygens (including phenoxy) is 1. The average Bonchev–Trinajstić information content (AvgIpc) is 3.12. The first-order chi connectivity index (χ1) is 12.5. The molecule has 0 spiro atoms. The maximum atomic E-state index is 13.7. The number of likely N-dealkylation sites (N-methyl/N-ethyl adjacent to an activating group) is 1. The van der Waals surface area contributed by atoms with Gasteiger partial charge in [0.25, 0.3) is 0 Å². The van der Waals surface area contributed by atoms with Crippen molar-refractivity contribution < 1.29 is 13.9 Å². The van der Waals surface area contributed by atoms with Crippen LogP contribution in [0.25, 0.3) is 0 Å². The average molecular weight is 492 g/mol. The summed E-state index contributed by atoms with van der Waals surface area (Å²) >= 11 is 0. The van der Waals surface area contributed by atoms with Gasteiger partial charge in [-0.2, -0.15) is 0 Å². The zero-order chi connectivity index (χ0) is 18.9. The summed E-state index contributed by atoms with van der Waals surface area (Å²) in [5.41, 5.74) is 0. The Kier molecular flexibility index (Phi) is 10.4. The molecular formula is C19H30FIN4O2. The minimum Gasteiger partial charge on any atom is -0.486 e. The Morgan fingerprint density at radius 1 is 1.33 bits per heavy atom. The standard InChI is InChI=1S/C19H29FN4O2.HI/c1-14(26-17-11-7-6-10-16(17)20)12-21-19(22-13-18(25)24(2)3)23-15-8-4-5-9-15;/h6-7,10-11,14-15H,4-5,8-9,12-13H2,1-3H3,(H2,21,22,23);1H. The monoisotopic (exact) mass is 492 g/mol. The Balaban J connectivity index is 0.00000364. The summed E-state index contributed by atoms with van der Waals surface area (Å²) in [6.07, 6.45) is 4.35. The van der Waals surface area contributed by atoms with E-state index in [9.17, 15) is 9.18 Å². The number of rotatable bonds is 7. The molecule has 1 aliphatic carbocycles. The van der Waals surface area contributed by atoms with Crippen LogP contribution in [0.1, 0.15) is 32.6 Å². The van der Waals surface area contributed by atoms with Gasteiger partial charge in [-0.1, -0.05) is 25.0 Å². The van der Waals surface area contributed by atoms with Gasteiger partial charge in [0.05, 0.1) is 6.54 Å². The molecule has 1 aromatic carbocycles. The predicted octanol–water partition coefficient (Wildman–Crippen LogP) is 2.78. The third-order valence-corrected chi connectivity index (χ3v) is 4.29. The van der Waals surface area contributed by atoms with Crippen molar-refractivity contribution in [3.8, 4) is 5.75 Å². The Labute approximate surface area is 178 Å². The van der Waals surface area contributed by atoms with Crippen molar-refractivity contribution in [2.45, 2.75) is 44.8 Å². The molecule has 1 saturated carbocycles. The van der Waals surface area contributed by atoms with E-state index in [-0.39, 0.29) is 54.1 Å². The van der Waals surface area contributed by atoms with Crippen LogP contribution in [0.2, 0.25) is 0 Å². The first-order valence-corrected chi connectivity index (χ1v) is 9.12. The second kappa shape index (κ2) is 12.0. The number of hydrogen-bond donors (Lipinski definition) is 2. The van der Waals surface area contributed by atoms with Gasteiger partial charge in [0.15, 0.2) is 17.5 Å². The van der Waals surface area contributed by atoms with Crippen molar-refractivity contribution in [2.75, 3.05) is 27.2 Å². The number of aliphatic imine (C=N–C) groups is 1. The van der Waals surface area contributed by atoms with Crippen LogP contribution >= 0.6 is 24.0 Å². The van der Waals surface area contributed by atoms with Crippen LogP contribution in [0.15, 0.2) is 29.3 Å². The second-order valence-electron chi connectivity index (χ2n) is 6.82. The maximum Gasteiger partial charge on any atom is 0.243 e. The minimum atomic E-state index is -0.381. The topological polar surface area (TPSA) is 66.0 Å². The van der Waals surface area contributed by atoms with Gasteiger partial charge in [-0.3, -0.25) is 4.79 Å². The summed E-state index contributed by atoms with van der Waals surface area (Å²) in [5.74, 6) is 0.380. The van der Waals surface area contributed by atoms with Gasteiger partial charge in [-0.15, -0.1) is 24.0 Å². The minimum absolute atomic E-state index is 0. The predicted molar refractivity (Wildman–Crippen MR) is 116 cm³/mol. The summed E-state index contributed by atoms with van der Waals surface area (Å²) in [5, 5.41) is 6.58. The zero-order valence-electron chi connectivity index (χ0n) is 16.2. The van der Waals surface area contributed by atoms with Crippen LogP contribution in [0.5, 0.6) is 5.75 Å². The Bertz CT molecular complexity index is 621. The van der Waals surface area contributed by atoms with Gasteiger partial charge in [-0.05, 0) is 31.9 Å². The summed E-state index contributed by atoms with van der Waals surface area (Å²) in [6.45, 7) is 2.39. The number of nitrogens with one attached hydrogen (secondary N) is 2. The van der Waals surface area contributed by atoms with Crippen LogP contribution in [0.3, 0.4) is 0 Å². The first kappa shape index (κ1) is 23.5. The van der Waals surface area contributed by atoms with Gasteiger partial charge in [0, 0.05) is 20.1 Å². The molecule has 1 fully saturated rings. The first-order valence-electron chi connectivity index (χ1n) is 9.12. The smallest absolute Gasteiger partial charge is 0.243 e. The van der Waals surface area contributed by atoms with Crippen molar-refractivity contribution in [1.29, 1.82) is 0 Å². The number of halogens is 2. The van der Waals surface area contributed by atoms with E-state index in [1.54, 1.807) is 32.3 Å². The van der Waals surface area contributed by atoms with Crippen LogP contribution < -0.4 is 15.4 Å². The molecule has 1 atom stereocenters. The third-order valence-electron chi connectivity index (χ3n) is 4.29. The van der Waals surface area contributed by atoms with Crippen molar-refractivity contribution >= 4 is 35.8 Å². The lowest BCUT2D eigenvalue weighted by Gasteiger charge is -2.21. The van der Waals surface area contributed by atoms with E-state index in [2.05, 4.69) is 15.6 Å². The second-order valence-corrected chi connectivity index (χ2v) is 6.82. The molecule has 6 nitrogen and oxygen atoms in total. The number of carbonyl (C=O) groups excluding carboxylic acids is 1. The number of nitrogens with zero attached hydrogens (tertiary/aromatic N) is 2. The number of amides is 1. The van der Waals surface area contributed by atoms with Gasteiger partial charge in [-0.25, -0.2) is 9.38 Å². The molecule has 0 bridgehead atoms. The van der Waals surface area contributed by atoms with E-state index in [0.29, 0.717) is 18.5 Å². The fraction of sp³-hybridized carbons (Fsp3) is 0.579. The van der Waals surface area contributed by atoms with E-state index < -0.39 is 0 Å². The van der Waals surface area contributed by atoms with Crippen LogP contribution in [-0.2, 0) is 4.79 Å². The third kappa shape index (κ3) is 8.32. The number of hydrogen-bond acceptors (Lipinski definition) is 3. The molecule has 1 aromatic rings. The molecule has 1 amide bonds. The van der Waals surface area contributed by atoms with Gasteiger partial charge >= 0.3 is 0 Å². The van der Waals surface area contributed by atoms with Gasteiger partial charge in [0.2, 0.25) is 5.91 Å². The van der Waals surface area contributed by atoms with Gasteiger partial charge < -0.3 is 20.3 Å². The maximum absolute atomic E-state index is 13.7. The van der Waals surface area contributed by atoms with E-state index in [0.717, 1.165) is 12.8 Å². The van der Waals surface area contributed by atoms with Crippen LogP contribution in [0, 0.1) is 5.82 Å². The number of guanidine groups is 1. The Hall–Kier alpha value is -1.58. The van der Waals surface area contributed by atoms with E-state index >= 15 is 0 Å². The quantitative estimate of drug-likeness (QED) is 0.349. The normalized spacial score (nSPS) is 15.6. The van der Waals surface area contributed by atoms with E-state index in [4.69, 9.17) is 4.74 Å². The molecule has 1 aliphatic rings. The lowest BCUT2D eigenvalue weighted by molar-refractivity contribution is -0.127. The Morgan fingerprint density at radius 3 is 2.63 bits per heavy atom. The fourth-order valence-corrected chi connectivity index (χ4v) is 2.74. The highest BCUT2D eigenvalue weighted by Crippen LogP contribution is 2.18. The number of para-hydroxylation sites is 1. The fourth-order valence-electron chi connectivity index (χ4n) is 2.74. The highest BCUT2D eigenvalue weighted by Gasteiger charge is 2.17.